The summed E-state index contributed by atoms with van der Waals surface area (Å²) in [5.74, 6) is -1.20. The zero-order valence-corrected chi connectivity index (χ0v) is 21.4. The number of sulfone groups is 1. The molecule has 14 heteroatoms. The average molecular weight is 572 g/mol. The van der Waals surface area contributed by atoms with Crippen molar-refractivity contribution in [2.75, 3.05) is 10.5 Å². The zero-order valence-electron chi connectivity index (χ0n) is 17.5. The fourth-order valence-corrected chi connectivity index (χ4v) is 6.77. The number of Topliss-reactive ketones (excluding diaryl/α,β-unsaturated/α-hetero) is 1. The van der Waals surface area contributed by atoms with Crippen molar-refractivity contribution in [3.63, 3.8) is 0 Å². The first kappa shape index (κ1) is 25.5. The molecule has 2 N–H and O–H groups in total. The minimum atomic E-state index is -3.80. The molecule has 0 bridgehead atoms. The number of fused-ring (bicyclic) bond motifs is 1. The number of nitrogens with zero attached hydrogens (tertiary/aromatic N) is 2. The number of aromatic nitrogens is 2. The molecular weight excluding hydrogens is 557 g/mol. The third kappa shape index (κ3) is 5.80. The van der Waals surface area contributed by atoms with Gasteiger partial charge in [0.15, 0.2) is 15.6 Å². The van der Waals surface area contributed by atoms with Crippen LogP contribution in [0.4, 0.5) is 5.69 Å². The van der Waals surface area contributed by atoms with Crippen molar-refractivity contribution in [3.05, 3.63) is 80.1 Å². The Bertz CT molecular complexity index is 1650. The summed E-state index contributed by atoms with van der Waals surface area (Å²) in [4.78, 5) is 29.7. The third-order valence-electron chi connectivity index (χ3n) is 4.84. The minimum absolute atomic E-state index is 0.0241. The van der Waals surface area contributed by atoms with E-state index in [4.69, 9.17) is 27.8 Å². The molecule has 4 aromatic rings. The van der Waals surface area contributed by atoms with E-state index in [9.17, 15) is 22.2 Å². The van der Waals surface area contributed by atoms with Gasteiger partial charge in [-0.3, -0.25) is 23.4 Å². The Hall–Kier alpha value is -2.61. The Balaban J connectivity index is 1.58. The molecular formula is C21H15Cl2N3O6S3. The molecule has 1 unspecified atom stereocenters. The van der Waals surface area contributed by atoms with E-state index in [1.807, 2.05) is 0 Å². The second-order valence-electron chi connectivity index (χ2n) is 7.32. The number of hydrogen-bond donors (Lipinski definition) is 2. The Morgan fingerprint density at radius 3 is 2.57 bits per heavy atom. The summed E-state index contributed by atoms with van der Waals surface area (Å²) in [6, 6.07) is 11.8. The topological polar surface area (TPSA) is 135 Å². The summed E-state index contributed by atoms with van der Waals surface area (Å²) in [5, 5.41) is 0.342. The molecule has 9 nitrogen and oxygen atoms in total. The van der Waals surface area contributed by atoms with Crippen LogP contribution in [0.2, 0.25) is 9.36 Å². The van der Waals surface area contributed by atoms with E-state index in [1.54, 1.807) is 6.07 Å². The third-order valence-corrected chi connectivity index (χ3v) is 9.04. The van der Waals surface area contributed by atoms with Crippen molar-refractivity contribution >= 4 is 78.0 Å². The molecule has 0 radical (unpaired) electrons. The van der Waals surface area contributed by atoms with Crippen LogP contribution in [-0.4, -0.2) is 38.3 Å². The molecule has 0 saturated carbocycles. The van der Waals surface area contributed by atoms with Crippen LogP contribution in [0.15, 0.2) is 63.9 Å². The highest BCUT2D eigenvalue weighted by Crippen LogP contribution is 2.27. The lowest BCUT2D eigenvalue weighted by Crippen LogP contribution is -2.20. The number of benzene rings is 2. The summed E-state index contributed by atoms with van der Waals surface area (Å²) in [5.41, 5.74) is 0.949. The molecule has 4 rings (SSSR count). The van der Waals surface area contributed by atoms with Crippen molar-refractivity contribution in [1.29, 1.82) is 0 Å². The summed E-state index contributed by atoms with van der Waals surface area (Å²) in [7, 11) is -3.80. The lowest BCUT2D eigenvalue weighted by atomic mass is 10.1. The van der Waals surface area contributed by atoms with E-state index < -0.39 is 38.2 Å². The average Bonchev–Trinajstić information content (AvgIpc) is 3.22. The molecule has 0 spiro atoms. The van der Waals surface area contributed by atoms with Gasteiger partial charge in [0, 0.05) is 12.1 Å². The Morgan fingerprint density at radius 1 is 1.14 bits per heavy atom. The van der Waals surface area contributed by atoms with Crippen molar-refractivity contribution in [2.45, 2.75) is 10.6 Å². The van der Waals surface area contributed by atoms with Crippen molar-refractivity contribution in [1.82, 2.24) is 9.55 Å². The number of ketones is 1. The number of thiophene rings is 1. The van der Waals surface area contributed by atoms with Gasteiger partial charge < -0.3 is 0 Å². The van der Waals surface area contributed by atoms with Crippen LogP contribution in [0.3, 0.4) is 0 Å². The number of carbonyl (C=O) groups is 1. The molecule has 0 saturated heterocycles. The van der Waals surface area contributed by atoms with E-state index in [0.29, 0.717) is 21.1 Å². The van der Waals surface area contributed by atoms with Crippen molar-refractivity contribution in [2.24, 2.45) is 0 Å². The van der Waals surface area contributed by atoms with Crippen LogP contribution in [-0.2, 0) is 32.3 Å². The van der Waals surface area contributed by atoms with Gasteiger partial charge in [0.2, 0.25) is 0 Å². The summed E-state index contributed by atoms with van der Waals surface area (Å²) in [6.07, 6.45) is 1.13. The maximum absolute atomic E-state index is 13.0. The van der Waals surface area contributed by atoms with Gasteiger partial charge in [-0.25, -0.2) is 17.6 Å². The Kier molecular flexibility index (Phi) is 7.40. The summed E-state index contributed by atoms with van der Waals surface area (Å²) < 4.78 is 48.7. The van der Waals surface area contributed by atoms with Gasteiger partial charge in [-0.1, -0.05) is 29.3 Å². The van der Waals surface area contributed by atoms with Gasteiger partial charge in [-0.2, -0.15) is 0 Å². The van der Waals surface area contributed by atoms with Gasteiger partial charge in [0.05, 0.1) is 25.9 Å². The van der Waals surface area contributed by atoms with Gasteiger partial charge in [-0.15, -0.1) is 11.3 Å². The summed E-state index contributed by atoms with van der Waals surface area (Å²) in [6.45, 7) is 0. The van der Waals surface area contributed by atoms with Crippen LogP contribution in [0, 0.1) is 0 Å². The highest BCUT2D eigenvalue weighted by atomic mass is 35.5. The molecule has 1 atom stereocenters. The van der Waals surface area contributed by atoms with Crippen molar-refractivity contribution < 1.29 is 22.0 Å². The van der Waals surface area contributed by atoms with E-state index in [1.165, 1.54) is 53.4 Å². The highest BCUT2D eigenvalue weighted by Gasteiger charge is 2.22. The molecule has 2 heterocycles. The first-order valence-corrected chi connectivity index (χ1v) is 14.0. The van der Waals surface area contributed by atoms with Crippen LogP contribution in [0.5, 0.6) is 0 Å². The number of anilines is 1. The molecule has 2 aromatic heterocycles. The molecule has 0 aliphatic heterocycles. The SMILES string of the molecule is O=C(Cc1ccc(-n2cnc3ccc(NS(=O)O)cc3c2=O)c(Cl)c1)CS(=O)(=O)c1ccc(Cl)s1. The number of hydrogen-bond acceptors (Lipinski definition) is 7. The second kappa shape index (κ2) is 10.2. The van der Waals surface area contributed by atoms with Crippen LogP contribution >= 0.6 is 34.5 Å². The van der Waals surface area contributed by atoms with Crippen LogP contribution in [0.25, 0.3) is 16.6 Å². The van der Waals surface area contributed by atoms with E-state index in [0.717, 1.165) is 11.3 Å². The Morgan fingerprint density at radius 2 is 1.91 bits per heavy atom. The van der Waals surface area contributed by atoms with E-state index in [2.05, 4.69) is 9.71 Å². The van der Waals surface area contributed by atoms with Crippen LogP contribution in [0.1, 0.15) is 5.56 Å². The fraction of sp³-hybridized carbons (Fsp3) is 0.0952. The van der Waals surface area contributed by atoms with E-state index >= 15 is 0 Å². The lowest BCUT2D eigenvalue weighted by Gasteiger charge is -2.11. The maximum Gasteiger partial charge on any atom is 0.265 e. The predicted octanol–water partition coefficient (Wildman–Crippen LogP) is 3.89. The second-order valence-corrected chi connectivity index (χ2v) is 12.4. The van der Waals surface area contributed by atoms with Gasteiger partial charge in [0.25, 0.3) is 16.8 Å². The summed E-state index contributed by atoms with van der Waals surface area (Å²) >= 11 is 10.8. The molecule has 35 heavy (non-hydrogen) atoms. The standard InChI is InChI=1S/C21H15Cl2N3O6S3/c22-16-8-12(7-14(27)10-35(31,32)20-6-5-19(23)33-20)1-4-18(16)26-11-24-17-3-2-13(25-34(29)30)9-15(17)21(26)28/h1-6,8-9,11,25H,7,10H2,(H,29,30). The smallest absolute Gasteiger partial charge is 0.265 e. The number of nitrogens with one attached hydrogen (secondary N) is 1. The number of halogens is 2. The largest absolute Gasteiger partial charge is 0.298 e. The first-order chi connectivity index (χ1) is 16.5. The zero-order chi connectivity index (χ0) is 25.3. The highest BCUT2D eigenvalue weighted by molar-refractivity contribution is 7.94. The number of rotatable bonds is 8. The number of carbonyl (C=O) groups excluding carboxylic acids is 1. The molecule has 0 aliphatic rings. The maximum atomic E-state index is 13.0. The lowest BCUT2D eigenvalue weighted by molar-refractivity contribution is -0.116. The van der Waals surface area contributed by atoms with Gasteiger partial charge in [-0.05, 0) is 48.0 Å². The normalized spacial score (nSPS) is 12.5. The molecule has 0 amide bonds. The first-order valence-electron chi connectivity index (χ1n) is 9.71. The monoisotopic (exact) mass is 571 g/mol. The molecule has 182 valence electrons. The van der Waals surface area contributed by atoms with Gasteiger partial charge in [0.1, 0.15) is 16.3 Å². The van der Waals surface area contributed by atoms with Gasteiger partial charge >= 0.3 is 0 Å². The Labute approximate surface area is 215 Å². The van der Waals surface area contributed by atoms with Crippen molar-refractivity contribution in [3.8, 4) is 5.69 Å². The fourth-order valence-electron chi connectivity index (χ4n) is 3.34. The molecule has 2 aromatic carbocycles. The van der Waals surface area contributed by atoms with E-state index in [-0.39, 0.29) is 26.7 Å². The predicted molar refractivity (Wildman–Crippen MR) is 137 cm³/mol. The van der Waals surface area contributed by atoms with Crippen LogP contribution < -0.4 is 10.3 Å². The molecule has 0 fully saturated rings. The minimum Gasteiger partial charge on any atom is -0.298 e. The quantitative estimate of drug-likeness (QED) is 0.306. The molecule has 0 aliphatic carbocycles.